The fourth-order valence-electron chi connectivity index (χ4n) is 2.27. The molecule has 0 saturated carbocycles. The molecule has 0 aromatic carbocycles. The molecule has 0 fully saturated rings. The molecule has 0 unspecified atom stereocenters. The number of alkyl carbamates (subject to hydrolysis) is 1. The smallest absolute Gasteiger partial charge is 0.408 e. The second kappa shape index (κ2) is 9.56. The lowest BCUT2D eigenvalue weighted by atomic mass is 9.99. The maximum Gasteiger partial charge on any atom is 0.408 e. The summed E-state index contributed by atoms with van der Waals surface area (Å²) < 4.78 is 5.13. The Morgan fingerprint density at radius 2 is 1.65 bits per heavy atom. The summed E-state index contributed by atoms with van der Waals surface area (Å²) in [5, 5.41) is 21.4. The van der Waals surface area contributed by atoms with Crippen molar-refractivity contribution in [2.75, 3.05) is 7.05 Å². The number of carbonyl (C=O) groups is 3. The van der Waals surface area contributed by atoms with Crippen molar-refractivity contribution in [2.24, 2.45) is 5.92 Å². The number of aliphatic hydroxyl groups is 1. The Morgan fingerprint density at radius 1 is 1.15 bits per heavy atom. The van der Waals surface area contributed by atoms with Gasteiger partial charge >= 0.3 is 12.1 Å². The number of hydrogen-bond donors (Lipinski definition) is 3. The van der Waals surface area contributed by atoms with E-state index in [2.05, 4.69) is 5.32 Å². The number of aliphatic hydroxyl groups excluding tert-OH is 1. The minimum atomic E-state index is -1.21. The van der Waals surface area contributed by atoms with Gasteiger partial charge in [-0.1, -0.05) is 19.9 Å². The van der Waals surface area contributed by atoms with Crippen molar-refractivity contribution in [3.63, 3.8) is 0 Å². The summed E-state index contributed by atoms with van der Waals surface area (Å²) in [5.74, 6) is -1.69. The summed E-state index contributed by atoms with van der Waals surface area (Å²) in [6.07, 6.45) is -0.490. The molecule has 0 radical (unpaired) electrons. The molecule has 0 spiro atoms. The van der Waals surface area contributed by atoms with Gasteiger partial charge in [0.25, 0.3) is 0 Å². The maximum absolute atomic E-state index is 12.8. The minimum Gasteiger partial charge on any atom is -0.478 e. The van der Waals surface area contributed by atoms with Crippen LogP contribution >= 0.6 is 0 Å². The van der Waals surface area contributed by atoms with Gasteiger partial charge in [0, 0.05) is 12.6 Å². The van der Waals surface area contributed by atoms with Crippen molar-refractivity contribution in [1.82, 2.24) is 10.2 Å². The average molecular weight is 372 g/mol. The van der Waals surface area contributed by atoms with Crippen LogP contribution < -0.4 is 5.32 Å². The second-order valence-corrected chi connectivity index (χ2v) is 7.70. The molecule has 0 aliphatic heterocycles. The van der Waals surface area contributed by atoms with Crippen LogP contribution in [-0.2, 0) is 14.3 Å². The molecule has 0 aromatic rings. The minimum absolute atomic E-state index is 0.0746. The summed E-state index contributed by atoms with van der Waals surface area (Å²) in [4.78, 5) is 37.2. The number of nitrogens with one attached hydrogen (secondary N) is 1. The first-order valence-electron chi connectivity index (χ1n) is 8.53. The van der Waals surface area contributed by atoms with Crippen molar-refractivity contribution >= 4 is 18.0 Å². The molecule has 0 aromatic heterocycles. The van der Waals surface area contributed by atoms with Crippen LogP contribution in [0.3, 0.4) is 0 Å². The SMILES string of the molecule is CC(=C[C@H](C(C)C)N(C)C(=O)[C@@H](NC(=O)OC(C)(C)C)[C@H](C)O)C(=O)O. The van der Waals surface area contributed by atoms with Crippen LogP contribution in [0.5, 0.6) is 0 Å². The number of ether oxygens (including phenoxy) is 1. The van der Waals surface area contributed by atoms with Crippen LogP contribution in [0.15, 0.2) is 11.6 Å². The average Bonchev–Trinajstić information content (AvgIpc) is 2.46. The molecule has 0 saturated heterocycles. The Kier molecular flexibility index (Phi) is 8.80. The summed E-state index contributed by atoms with van der Waals surface area (Å²) in [7, 11) is 1.50. The largest absolute Gasteiger partial charge is 0.478 e. The number of hydrogen-bond acceptors (Lipinski definition) is 5. The molecule has 3 atom stereocenters. The third-order valence-corrected chi connectivity index (χ3v) is 3.66. The van der Waals surface area contributed by atoms with E-state index in [1.54, 1.807) is 20.8 Å². The van der Waals surface area contributed by atoms with Crippen LogP contribution in [0.1, 0.15) is 48.5 Å². The predicted octanol–water partition coefficient (Wildman–Crippen LogP) is 1.77. The lowest BCUT2D eigenvalue weighted by Crippen LogP contribution is -2.56. The number of nitrogens with zero attached hydrogens (tertiary/aromatic N) is 1. The van der Waals surface area contributed by atoms with Gasteiger partial charge in [-0.2, -0.15) is 0 Å². The van der Waals surface area contributed by atoms with Crippen molar-refractivity contribution in [3.05, 3.63) is 11.6 Å². The van der Waals surface area contributed by atoms with Crippen molar-refractivity contribution in [3.8, 4) is 0 Å². The van der Waals surface area contributed by atoms with Crippen LogP contribution in [0, 0.1) is 5.92 Å². The van der Waals surface area contributed by atoms with E-state index in [0.717, 1.165) is 0 Å². The highest BCUT2D eigenvalue weighted by Gasteiger charge is 2.33. The third-order valence-electron chi connectivity index (χ3n) is 3.66. The van der Waals surface area contributed by atoms with E-state index in [-0.39, 0.29) is 11.5 Å². The standard InChI is InChI=1S/C18H32N2O6/c1-10(2)13(9-11(3)16(23)24)20(8)15(22)14(12(4)21)19-17(25)26-18(5,6)7/h9-10,12-14,21H,1-8H3,(H,19,25)(H,23,24)/t12-,13+,14-/m0/s1. The molecule has 150 valence electrons. The zero-order chi connectivity index (χ0) is 20.8. The van der Waals surface area contributed by atoms with Gasteiger partial charge in [0.15, 0.2) is 0 Å². The second-order valence-electron chi connectivity index (χ2n) is 7.70. The van der Waals surface area contributed by atoms with E-state index in [0.29, 0.717) is 0 Å². The lowest BCUT2D eigenvalue weighted by Gasteiger charge is -2.33. The monoisotopic (exact) mass is 372 g/mol. The first-order chi connectivity index (χ1) is 11.7. The predicted molar refractivity (Wildman–Crippen MR) is 97.6 cm³/mol. The molecule has 0 rings (SSSR count). The molecule has 3 N–H and O–H groups in total. The molecule has 0 aliphatic carbocycles. The molecule has 26 heavy (non-hydrogen) atoms. The van der Waals surface area contributed by atoms with Gasteiger partial charge in [0.2, 0.25) is 5.91 Å². The van der Waals surface area contributed by atoms with Crippen LogP contribution in [0.25, 0.3) is 0 Å². The molecule has 0 bridgehead atoms. The van der Waals surface area contributed by atoms with E-state index >= 15 is 0 Å². The normalized spacial score (nSPS) is 15.8. The van der Waals surface area contributed by atoms with E-state index in [1.165, 1.54) is 31.9 Å². The van der Waals surface area contributed by atoms with E-state index in [4.69, 9.17) is 9.84 Å². The van der Waals surface area contributed by atoms with Gasteiger partial charge in [0.05, 0.1) is 12.1 Å². The molecule has 8 nitrogen and oxygen atoms in total. The molecule has 2 amide bonds. The first kappa shape index (κ1) is 23.9. The zero-order valence-electron chi connectivity index (χ0n) is 16.9. The van der Waals surface area contributed by atoms with E-state index < -0.39 is 41.8 Å². The van der Waals surface area contributed by atoms with E-state index in [9.17, 15) is 19.5 Å². The molecule has 8 heteroatoms. The highest BCUT2D eigenvalue weighted by molar-refractivity contribution is 5.88. The fourth-order valence-corrected chi connectivity index (χ4v) is 2.27. The van der Waals surface area contributed by atoms with Gasteiger partial charge in [-0.05, 0) is 40.5 Å². The highest BCUT2D eigenvalue weighted by atomic mass is 16.6. The Morgan fingerprint density at radius 3 is 2.00 bits per heavy atom. The van der Waals surface area contributed by atoms with Crippen LogP contribution in [-0.4, -0.2) is 63.9 Å². The van der Waals surface area contributed by atoms with E-state index in [1.807, 2.05) is 13.8 Å². The number of carboxylic acid groups (broad SMARTS) is 1. The molecular weight excluding hydrogens is 340 g/mol. The van der Waals surface area contributed by atoms with Gasteiger partial charge in [0.1, 0.15) is 11.6 Å². The number of rotatable bonds is 7. The number of likely N-dealkylation sites (N-methyl/N-ethyl adjacent to an activating group) is 1. The summed E-state index contributed by atoms with van der Waals surface area (Å²) >= 11 is 0. The topological polar surface area (TPSA) is 116 Å². The molecule has 0 aliphatic rings. The Labute approximate surface area is 155 Å². The summed E-state index contributed by atoms with van der Waals surface area (Å²) in [6, 6.07) is -1.73. The number of carboxylic acids is 1. The van der Waals surface area contributed by atoms with Crippen LogP contribution in [0.4, 0.5) is 4.79 Å². The van der Waals surface area contributed by atoms with Crippen molar-refractivity contribution in [1.29, 1.82) is 0 Å². The Balaban J connectivity index is 5.46. The quantitative estimate of drug-likeness (QED) is 0.587. The Bertz CT molecular complexity index is 548. The third kappa shape index (κ3) is 7.86. The number of aliphatic carboxylic acids is 1. The lowest BCUT2D eigenvalue weighted by molar-refractivity contribution is -0.137. The zero-order valence-corrected chi connectivity index (χ0v) is 16.9. The highest BCUT2D eigenvalue weighted by Crippen LogP contribution is 2.16. The van der Waals surface area contributed by atoms with Crippen molar-refractivity contribution in [2.45, 2.75) is 72.3 Å². The van der Waals surface area contributed by atoms with Gasteiger partial charge in [-0.3, -0.25) is 4.79 Å². The molecule has 0 heterocycles. The van der Waals surface area contributed by atoms with Gasteiger partial charge in [-0.25, -0.2) is 9.59 Å². The molecular formula is C18H32N2O6. The van der Waals surface area contributed by atoms with Crippen LogP contribution in [0.2, 0.25) is 0 Å². The summed E-state index contributed by atoms with van der Waals surface area (Å²) in [5.41, 5.74) is -0.638. The summed E-state index contributed by atoms with van der Waals surface area (Å²) in [6.45, 7) is 11.6. The first-order valence-corrected chi connectivity index (χ1v) is 8.53. The maximum atomic E-state index is 12.8. The van der Waals surface area contributed by atoms with Gasteiger partial charge < -0.3 is 25.2 Å². The number of carbonyl (C=O) groups excluding carboxylic acids is 2. The number of amides is 2. The fraction of sp³-hybridized carbons (Fsp3) is 0.722. The Hall–Kier alpha value is -2.09. The van der Waals surface area contributed by atoms with Gasteiger partial charge in [-0.15, -0.1) is 0 Å². The van der Waals surface area contributed by atoms with Crippen molar-refractivity contribution < 1.29 is 29.3 Å².